The average molecular weight is 300 g/mol. The monoisotopic (exact) mass is 299 g/mol. The second-order valence-electron chi connectivity index (χ2n) is 3.28. The largest absolute Gasteiger partial charge is 0.324 e. The summed E-state index contributed by atoms with van der Waals surface area (Å²) in [6.45, 7) is 0. The number of hydrogen-bond donors (Lipinski definition) is 0. The summed E-state index contributed by atoms with van der Waals surface area (Å²) in [5.41, 5.74) is 0.641. The van der Waals surface area contributed by atoms with Gasteiger partial charge in [-0.15, -0.1) is 11.3 Å². The number of halogens is 1. The van der Waals surface area contributed by atoms with Crippen LogP contribution in [0.3, 0.4) is 0 Å². The second-order valence-corrected chi connectivity index (χ2v) is 5.88. The van der Waals surface area contributed by atoms with Crippen LogP contribution in [0.1, 0.15) is 15.2 Å². The first kappa shape index (κ1) is 12.9. The Bertz CT molecular complexity index is 630. The van der Waals surface area contributed by atoms with Crippen LogP contribution >= 0.6 is 34.3 Å². The highest BCUT2D eigenvalue weighted by Gasteiger charge is 2.09. The lowest BCUT2D eigenvalue weighted by Crippen LogP contribution is -1.88. The molecule has 0 N–H and O–H groups in total. The maximum absolute atomic E-state index is 11.7. The quantitative estimate of drug-likeness (QED) is 0.366. The molecule has 0 atom stereocenters. The van der Waals surface area contributed by atoms with Crippen LogP contribution in [0, 0.1) is 10.1 Å². The van der Waals surface area contributed by atoms with Crippen LogP contribution in [0.4, 0.5) is 5.00 Å². The Balaban J connectivity index is 2.10. The molecule has 0 saturated heterocycles. The number of carbonyl (C=O) groups excluding carboxylic acids is 1. The molecule has 0 aromatic carbocycles. The molecule has 0 aliphatic carbocycles. The summed E-state index contributed by atoms with van der Waals surface area (Å²) >= 11 is 7.96. The zero-order valence-corrected chi connectivity index (χ0v) is 11.2. The first-order chi connectivity index (χ1) is 8.56. The molecule has 2 heterocycles. The van der Waals surface area contributed by atoms with Crippen LogP contribution in [0.15, 0.2) is 29.7 Å². The first-order valence-corrected chi connectivity index (χ1v) is 6.84. The molecule has 0 aliphatic heterocycles. The molecule has 0 radical (unpaired) electrons. The van der Waals surface area contributed by atoms with Crippen molar-refractivity contribution in [3.63, 3.8) is 0 Å². The van der Waals surface area contributed by atoms with E-state index in [-0.39, 0.29) is 10.8 Å². The SMILES string of the molecule is O=C(/C=C/c1csc([N+](=O)[O-])c1)c1ccc(Cl)s1. The maximum atomic E-state index is 11.7. The summed E-state index contributed by atoms with van der Waals surface area (Å²) in [6, 6.07) is 4.73. The minimum Gasteiger partial charge on any atom is -0.288 e. The summed E-state index contributed by atoms with van der Waals surface area (Å²) in [6.07, 6.45) is 2.94. The Labute approximate surface area is 115 Å². The molecule has 0 aliphatic rings. The van der Waals surface area contributed by atoms with Crippen molar-refractivity contribution in [1.82, 2.24) is 0 Å². The zero-order chi connectivity index (χ0) is 13.1. The van der Waals surface area contributed by atoms with E-state index >= 15 is 0 Å². The maximum Gasteiger partial charge on any atom is 0.324 e. The third kappa shape index (κ3) is 3.04. The number of allylic oxidation sites excluding steroid dienone is 1. The minimum absolute atomic E-state index is 0.0567. The van der Waals surface area contributed by atoms with Crippen LogP contribution in [-0.4, -0.2) is 10.7 Å². The Morgan fingerprint density at radius 2 is 2.22 bits per heavy atom. The number of rotatable bonds is 4. The molecule has 0 amide bonds. The van der Waals surface area contributed by atoms with E-state index in [4.69, 9.17) is 11.6 Å². The van der Waals surface area contributed by atoms with Gasteiger partial charge in [-0.05, 0) is 29.8 Å². The molecule has 92 valence electrons. The van der Waals surface area contributed by atoms with E-state index in [2.05, 4.69) is 0 Å². The molecule has 2 aromatic rings. The number of carbonyl (C=O) groups is 1. The average Bonchev–Trinajstić information content (AvgIpc) is 2.94. The third-order valence-electron chi connectivity index (χ3n) is 2.03. The summed E-state index contributed by atoms with van der Waals surface area (Å²) in [5, 5.41) is 12.2. The van der Waals surface area contributed by atoms with E-state index in [1.54, 1.807) is 23.6 Å². The van der Waals surface area contributed by atoms with Gasteiger partial charge in [0.05, 0.1) is 14.1 Å². The fraction of sp³-hybridized carbons (Fsp3) is 0. The van der Waals surface area contributed by atoms with Crippen LogP contribution < -0.4 is 0 Å². The van der Waals surface area contributed by atoms with Gasteiger partial charge in [0.2, 0.25) is 0 Å². The van der Waals surface area contributed by atoms with Crippen molar-refractivity contribution in [1.29, 1.82) is 0 Å². The Morgan fingerprint density at radius 1 is 1.44 bits per heavy atom. The Morgan fingerprint density at radius 3 is 2.78 bits per heavy atom. The second kappa shape index (κ2) is 5.43. The molecule has 2 rings (SSSR count). The van der Waals surface area contributed by atoms with Crippen molar-refractivity contribution >= 4 is 51.1 Å². The van der Waals surface area contributed by atoms with Crippen LogP contribution in [0.2, 0.25) is 4.34 Å². The smallest absolute Gasteiger partial charge is 0.288 e. The minimum atomic E-state index is -0.455. The molecule has 18 heavy (non-hydrogen) atoms. The molecular formula is C11H6ClNO3S2. The van der Waals surface area contributed by atoms with Crippen molar-refractivity contribution in [2.45, 2.75) is 0 Å². The summed E-state index contributed by atoms with van der Waals surface area (Å²) in [4.78, 5) is 22.3. The predicted molar refractivity (Wildman–Crippen MR) is 73.7 cm³/mol. The summed E-state index contributed by atoms with van der Waals surface area (Å²) in [7, 11) is 0. The van der Waals surface area contributed by atoms with Crippen molar-refractivity contribution < 1.29 is 9.72 Å². The zero-order valence-electron chi connectivity index (χ0n) is 8.83. The van der Waals surface area contributed by atoms with Crippen LogP contribution in [0.5, 0.6) is 0 Å². The fourth-order valence-corrected chi connectivity index (χ4v) is 2.88. The van der Waals surface area contributed by atoms with Crippen molar-refractivity contribution in [3.8, 4) is 0 Å². The van der Waals surface area contributed by atoms with Gasteiger partial charge in [0, 0.05) is 11.4 Å². The predicted octanol–water partition coefficient (Wildman–Crippen LogP) is 4.27. The van der Waals surface area contributed by atoms with Gasteiger partial charge in [-0.1, -0.05) is 22.9 Å². The van der Waals surface area contributed by atoms with E-state index in [0.717, 1.165) is 11.3 Å². The molecule has 7 heteroatoms. The van der Waals surface area contributed by atoms with E-state index in [9.17, 15) is 14.9 Å². The highest BCUT2D eigenvalue weighted by Crippen LogP contribution is 2.25. The van der Waals surface area contributed by atoms with E-state index < -0.39 is 4.92 Å². The van der Waals surface area contributed by atoms with E-state index in [0.29, 0.717) is 14.8 Å². The van der Waals surface area contributed by atoms with Crippen molar-refractivity contribution in [3.05, 3.63) is 54.5 Å². The summed E-state index contributed by atoms with van der Waals surface area (Å²) < 4.78 is 0.554. The molecule has 4 nitrogen and oxygen atoms in total. The molecule has 0 fully saturated rings. The molecule has 2 aromatic heterocycles. The van der Waals surface area contributed by atoms with E-state index in [1.807, 2.05) is 0 Å². The summed E-state index contributed by atoms with van der Waals surface area (Å²) in [5.74, 6) is -0.166. The third-order valence-corrected chi connectivity index (χ3v) is 4.17. The van der Waals surface area contributed by atoms with Crippen molar-refractivity contribution in [2.75, 3.05) is 0 Å². The fourth-order valence-electron chi connectivity index (χ4n) is 1.22. The number of ketones is 1. The lowest BCUT2D eigenvalue weighted by molar-refractivity contribution is -0.380. The number of nitrogens with zero attached hydrogens (tertiary/aromatic N) is 1. The highest BCUT2D eigenvalue weighted by molar-refractivity contribution is 7.18. The van der Waals surface area contributed by atoms with Gasteiger partial charge in [0.15, 0.2) is 5.78 Å². The van der Waals surface area contributed by atoms with Gasteiger partial charge >= 0.3 is 5.00 Å². The molecule has 0 saturated carbocycles. The number of nitro groups is 1. The van der Waals surface area contributed by atoms with Crippen molar-refractivity contribution in [2.24, 2.45) is 0 Å². The normalized spacial score (nSPS) is 10.9. The highest BCUT2D eigenvalue weighted by atomic mass is 35.5. The lowest BCUT2D eigenvalue weighted by atomic mass is 10.2. The van der Waals surface area contributed by atoms with Gasteiger partial charge in [0.1, 0.15) is 0 Å². The van der Waals surface area contributed by atoms with Gasteiger partial charge in [-0.2, -0.15) is 0 Å². The lowest BCUT2D eigenvalue weighted by Gasteiger charge is -1.87. The van der Waals surface area contributed by atoms with Gasteiger partial charge in [-0.3, -0.25) is 14.9 Å². The van der Waals surface area contributed by atoms with E-state index in [1.165, 1.54) is 23.5 Å². The Hall–Kier alpha value is -1.50. The topological polar surface area (TPSA) is 60.2 Å². The molecular weight excluding hydrogens is 294 g/mol. The Kier molecular flexibility index (Phi) is 3.90. The number of thiophene rings is 2. The standard InChI is InChI=1S/C11H6ClNO3S2/c12-10-4-3-9(18-10)8(14)2-1-7-5-11(13(15)16)17-6-7/h1-6H/b2-1+. The number of hydrogen-bond acceptors (Lipinski definition) is 5. The van der Waals surface area contributed by atoms with Crippen LogP contribution in [0.25, 0.3) is 6.08 Å². The molecule has 0 spiro atoms. The van der Waals surface area contributed by atoms with Gasteiger partial charge < -0.3 is 0 Å². The van der Waals surface area contributed by atoms with Crippen LogP contribution in [-0.2, 0) is 0 Å². The molecule has 0 unspecified atom stereocenters. The first-order valence-electron chi connectivity index (χ1n) is 4.77. The van der Waals surface area contributed by atoms with Gasteiger partial charge in [0.25, 0.3) is 0 Å². The van der Waals surface area contributed by atoms with Gasteiger partial charge in [-0.25, -0.2) is 0 Å². The molecule has 0 bridgehead atoms.